The van der Waals surface area contributed by atoms with Crippen LogP contribution in [0.15, 0.2) is 70.9 Å². The Labute approximate surface area is 150 Å². The summed E-state index contributed by atoms with van der Waals surface area (Å²) in [4.78, 5) is 1.20. The fourth-order valence-electron chi connectivity index (χ4n) is 3.30. The maximum atomic E-state index is 13.6. The highest BCUT2D eigenvalue weighted by Gasteiger charge is 2.37. The Morgan fingerprint density at radius 2 is 1.84 bits per heavy atom. The zero-order chi connectivity index (χ0) is 17.4. The third-order valence-electron chi connectivity index (χ3n) is 4.44. The summed E-state index contributed by atoms with van der Waals surface area (Å²) in [6.07, 6.45) is 0.672. The van der Waals surface area contributed by atoms with E-state index in [1.807, 2.05) is 41.8 Å². The van der Waals surface area contributed by atoms with Gasteiger partial charge < -0.3 is 0 Å². The van der Waals surface area contributed by atoms with Gasteiger partial charge in [0.1, 0.15) is 5.82 Å². The van der Waals surface area contributed by atoms with E-state index >= 15 is 0 Å². The molecule has 25 heavy (non-hydrogen) atoms. The maximum absolute atomic E-state index is 13.6. The Hall–Kier alpha value is -2.02. The van der Waals surface area contributed by atoms with Gasteiger partial charge in [-0.05, 0) is 47.2 Å². The van der Waals surface area contributed by atoms with Crippen LogP contribution < -0.4 is 0 Å². The molecule has 0 unspecified atom stereocenters. The number of benzene rings is 2. The van der Waals surface area contributed by atoms with Crippen LogP contribution in [0, 0.1) is 5.82 Å². The lowest BCUT2D eigenvalue weighted by Gasteiger charge is -2.35. The summed E-state index contributed by atoms with van der Waals surface area (Å²) in [5.41, 5.74) is 1.93. The Morgan fingerprint density at radius 3 is 2.60 bits per heavy atom. The first kappa shape index (κ1) is 16.4. The number of thiophene rings is 1. The minimum absolute atomic E-state index is 0.00730. The second-order valence-electron chi connectivity index (χ2n) is 5.94. The Balaban J connectivity index is 1.86. The van der Waals surface area contributed by atoms with Gasteiger partial charge in [0.25, 0.3) is 0 Å². The van der Waals surface area contributed by atoms with Crippen molar-refractivity contribution in [2.75, 3.05) is 6.54 Å². The predicted molar refractivity (Wildman–Crippen MR) is 96.6 cm³/mol. The molecule has 0 amide bonds. The lowest BCUT2D eigenvalue weighted by Crippen LogP contribution is -2.40. The number of hydrogen-bond donors (Lipinski definition) is 0. The molecule has 1 atom stereocenters. The molecule has 0 saturated carbocycles. The molecule has 0 aliphatic carbocycles. The highest BCUT2D eigenvalue weighted by Crippen LogP contribution is 2.40. The average Bonchev–Trinajstić information content (AvgIpc) is 3.10. The molecule has 0 saturated heterocycles. The van der Waals surface area contributed by atoms with Crippen molar-refractivity contribution < 1.29 is 12.8 Å². The van der Waals surface area contributed by atoms with Crippen molar-refractivity contribution in [3.63, 3.8) is 0 Å². The molecule has 3 aromatic rings. The highest BCUT2D eigenvalue weighted by atomic mass is 32.2. The summed E-state index contributed by atoms with van der Waals surface area (Å²) in [6, 6.07) is 16.4. The molecule has 2 aromatic carbocycles. The summed E-state index contributed by atoms with van der Waals surface area (Å²) in [5, 5.41) is 2.00. The van der Waals surface area contributed by atoms with Gasteiger partial charge in [0, 0.05) is 11.4 Å². The van der Waals surface area contributed by atoms with Gasteiger partial charge in [-0.2, -0.15) is 4.31 Å². The summed E-state index contributed by atoms with van der Waals surface area (Å²) >= 11 is 1.65. The van der Waals surface area contributed by atoms with Crippen LogP contribution in [0.5, 0.6) is 0 Å². The molecule has 6 heteroatoms. The minimum Gasteiger partial charge on any atom is -0.207 e. The number of nitrogens with zero attached hydrogens (tertiary/aromatic N) is 1. The van der Waals surface area contributed by atoms with Gasteiger partial charge in [0.2, 0.25) is 10.0 Å². The van der Waals surface area contributed by atoms with E-state index in [1.165, 1.54) is 27.4 Å². The Morgan fingerprint density at radius 1 is 1.04 bits per heavy atom. The van der Waals surface area contributed by atoms with Crippen LogP contribution in [0.3, 0.4) is 0 Å². The van der Waals surface area contributed by atoms with E-state index < -0.39 is 15.8 Å². The largest absolute Gasteiger partial charge is 0.244 e. The van der Waals surface area contributed by atoms with Gasteiger partial charge in [-0.15, -0.1) is 11.3 Å². The van der Waals surface area contributed by atoms with E-state index in [4.69, 9.17) is 0 Å². The van der Waals surface area contributed by atoms with Crippen molar-refractivity contribution >= 4 is 21.4 Å². The topological polar surface area (TPSA) is 37.4 Å². The molecule has 3 nitrogen and oxygen atoms in total. The van der Waals surface area contributed by atoms with Crippen LogP contribution in [0.1, 0.15) is 22.0 Å². The van der Waals surface area contributed by atoms with Gasteiger partial charge in [0.15, 0.2) is 0 Å². The van der Waals surface area contributed by atoms with E-state index in [2.05, 4.69) is 0 Å². The summed E-state index contributed by atoms with van der Waals surface area (Å²) in [6.45, 7) is 0.381. The third-order valence-corrected chi connectivity index (χ3v) is 7.30. The van der Waals surface area contributed by atoms with Gasteiger partial charge in [-0.1, -0.05) is 36.4 Å². The normalized spacial score (nSPS) is 18.0. The summed E-state index contributed by atoms with van der Waals surface area (Å²) in [7, 11) is -3.80. The predicted octanol–water partition coefficient (Wildman–Crippen LogP) is 4.22. The number of halogens is 1. The smallest absolute Gasteiger partial charge is 0.207 e. The monoisotopic (exact) mass is 373 g/mol. The van der Waals surface area contributed by atoms with E-state index in [9.17, 15) is 12.8 Å². The van der Waals surface area contributed by atoms with Gasteiger partial charge in [-0.25, -0.2) is 12.8 Å². The number of sulfonamides is 1. The minimum atomic E-state index is -3.80. The molecular formula is C19H16FNO2S2. The fraction of sp³-hybridized carbons (Fsp3) is 0.158. The number of fused-ring (bicyclic) bond motifs is 1. The van der Waals surface area contributed by atoms with Crippen LogP contribution in [-0.2, 0) is 16.4 Å². The van der Waals surface area contributed by atoms with Crippen LogP contribution in [0.4, 0.5) is 4.39 Å². The van der Waals surface area contributed by atoms with E-state index in [1.54, 1.807) is 11.3 Å². The van der Waals surface area contributed by atoms with Crippen LogP contribution in [0.2, 0.25) is 0 Å². The van der Waals surface area contributed by atoms with E-state index in [0.29, 0.717) is 13.0 Å². The molecule has 4 rings (SSSR count). The lowest BCUT2D eigenvalue weighted by molar-refractivity contribution is 0.346. The van der Waals surface area contributed by atoms with Crippen molar-refractivity contribution in [3.8, 4) is 0 Å². The van der Waals surface area contributed by atoms with Crippen LogP contribution in [-0.4, -0.2) is 19.3 Å². The van der Waals surface area contributed by atoms with E-state index in [0.717, 1.165) is 17.2 Å². The molecule has 1 aliphatic rings. The molecule has 0 N–H and O–H groups in total. The molecule has 0 spiro atoms. The summed E-state index contributed by atoms with van der Waals surface area (Å²) in [5.74, 6) is -0.550. The van der Waals surface area contributed by atoms with Crippen molar-refractivity contribution in [1.29, 1.82) is 0 Å². The molecule has 1 aromatic heterocycles. The second kappa shape index (κ2) is 6.37. The first-order valence-electron chi connectivity index (χ1n) is 7.96. The molecule has 2 heterocycles. The standard InChI is InChI=1S/C19H16FNO2S2/c20-15-7-4-8-16(13-15)25(22,23)21-11-9-18-17(10-12-24-18)19(21)14-5-2-1-3-6-14/h1-8,10,12-13,19H,9,11H2/t19-/m1/s1. The molecule has 0 fully saturated rings. The average molecular weight is 373 g/mol. The molecule has 128 valence electrons. The number of hydrogen-bond acceptors (Lipinski definition) is 3. The quantitative estimate of drug-likeness (QED) is 0.689. The van der Waals surface area contributed by atoms with Crippen molar-refractivity contribution in [3.05, 3.63) is 87.9 Å². The second-order valence-corrected chi connectivity index (χ2v) is 8.83. The van der Waals surface area contributed by atoms with E-state index in [-0.39, 0.29) is 10.9 Å². The highest BCUT2D eigenvalue weighted by molar-refractivity contribution is 7.89. The molecular weight excluding hydrogens is 357 g/mol. The molecule has 0 bridgehead atoms. The zero-order valence-electron chi connectivity index (χ0n) is 13.3. The first-order chi connectivity index (χ1) is 12.1. The van der Waals surface area contributed by atoms with Crippen molar-refractivity contribution in [1.82, 2.24) is 4.31 Å². The third kappa shape index (κ3) is 2.90. The first-order valence-corrected chi connectivity index (χ1v) is 10.3. The van der Waals surface area contributed by atoms with Crippen LogP contribution in [0.25, 0.3) is 0 Å². The van der Waals surface area contributed by atoms with Gasteiger partial charge in [-0.3, -0.25) is 0 Å². The van der Waals surface area contributed by atoms with Crippen LogP contribution >= 0.6 is 11.3 Å². The lowest BCUT2D eigenvalue weighted by atomic mass is 9.95. The zero-order valence-corrected chi connectivity index (χ0v) is 14.9. The number of rotatable bonds is 3. The van der Waals surface area contributed by atoms with Crippen molar-refractivity contribution in [2.45, 2.75) is 17.4 Å². The van der Waals surface area contributed by atoms with Crippen molar-refractivity contribution in [2.24, 2.45) is 0 Å². The maximum Gasteiger partial charge on any atom is 0.244 e. The van der Waals surface area contributed by atoms with Gasteiger partial charge >= 0.3 is 0 Å². The Kier molecular flexibility index (Phi) is 4.19. The SMILES string of the molecule is O=S(=O)(c1cccc(F)c1)N1CCc2sccc2[C@H]1c1ccccc1. The summed E-state index contributed by atoms with van der Waals surface area (Å²) < 4.78 is 41.5. The molecule has 1 aliphatic heterocycles. The Bertz CT molecular complexity index is 999. The molecule has 0 radical (unpaired) electrons. The van der Waals surface area contributed by atoms with Gasteiger partial charge in [0.05, 0.1) is 10.9 Å². The fourth-order valence-corrected chi connectivity index (χ4v) is 5.83.